The van der Waals surface area contributed by atoms with Crippen LogP contribution in [0.15, 0.2) is 24.4 Å². The Morgan fingerprint density at radius 2 is 2.17 bits per heavy atom. The summed E-state index contributed by atoms with van der Waals surface area (Å²) in [6.07, 6.45) is -1.98. The van der Waals surface area contributed by atoms with E-state index in [1.807, 2.05) is 11.9 Å². The maximum absolute atomic E-state index is 10.5. The first-order valence-electron chi connectivity index (χ1n) is 8.16. The number of aromatic nitrogens is 1. The Hall–Kier alpha value is -1.29. The number of aliphatic hydroxyl groups is 3. The molecule has 3 rings (SSSR count). The second-order valence-corrected chi connectivity index (χ2v) is 6.17. The van der Waals surface area contributed by atoms with Crippen molar-refractivity contribution >= 4 is 0 Å². The van der Waals surface area contributed by atoms with E-state index < -0.39 is 37.3 Å². The molecule has 8 heteroatoms. The molecule has 2 fully saturated rings. The number of hydrogen-bond donors (Lipinski definition) is 3. The topological polar surface area (TPSA) is 105 Å². The highest BCUT2D eigenvalue weighted by atomic mass is 16.7. The van der Waals surface area contributed by atoms with E-state index in [1.165, 1.54) is 0 Å². The first kappa shape index (κ1) is 17.5. The molecule has 6 atom stereocenters. The molecule has 134 valence electrons. The largest absolute Gasteiger partial charge is 0.466 e. The fourth-order valence-electron chi connectivity index (χ4n) is 3.13. The van der Waals surface area contributed by atoms with Gasteiger partial charge in [0.2, 0.25) is 5.88 Å². The molecule has 3 N–H and O–H groups in total. The van der Waals surface area contributed by atoms with Crippen LogP contribution in [0, 0.1) is 0 Å². The number of hydrogen-bond acceptors (Lipinski definition) is 8. The standard InChI is InChI=1S/C16H24N2O6/c1-18-8-4-6-12(18)24-14-13(20)10(9-19)22-16(21)15(14)23-11-5-2-3-7-17-11/h2-3,5,7,10,12-16,19-21H,4,6,8-9H2,1H3/t10-,12?,13+,14+,15-,16-/m1/s1. The molecule has 0 saturated carbocycles. The van der Waals surface area contributed by atoms with Gasteiger partial charge >= 0.3 is 0 Å². The first-order valence-corrected chi connectivity index (χ1v) is 8.16. The summed E-state index contributed by atoms with van der Waals surface area (Å²) < 4.78 is 17.0. The molecular formula is C16H24N2O6. The lowest BCUT2D eigenvalue weighted by Crippen LogP contribution is -2.62. The minimum absolute atomic E-state index is 0.177. The lowest BCUT2D eigenvalue weighted by Gasteiger charge is -2.43. The Bertz CT molecular complexity index is 519. The molecule has 1 unspecified atom stereocenters. The van der Waals surface area contributed by atoms with Crippen molar-refractivity contribution in [1.29, 1.82) is 0 Å². The SMILES string of the molecule is CN1CCCC1O[C@H]1[C@@H](O)[C@@H](CO)O[C@@H](O)[C@@H]1Oc1ccccn1. The van der Waals surface area contributed by atoms with Crippen molar-refractivity contribution in [3.05, 3.63) is 24.4 Å². The molecule has 3 heterocycles. The Kier molecular flexibility index (Phi) is 5.65. The number of rotatable bonds is 5. The minimum atomic E-state index is -1.34. The molecular weight excluding hydrogens is 316 g/mol. The van der Waals surface area contributed by atoms with E-state index in [-0.39, 0.29) is 6.23 Å². The van der Waals surface area contributed by atoms with Gasteiger partial charge in [-0.2, -0.15) is 0 Å². The third kappa shape index (κ3) is 3.69. The van der Waals surface area contributed by atoms with Gasteiger partial charge in [-0.3, -0.25) is 4.90 Å². The lowest BCUT2D eigenvalue weighted by atomic mass is 9.98. The molecule has 2 saturated heterocycles. The van der Waals surface area contributed by atoms with Crippen LogP contribution in [0.25, 0.3) is 0 Å². The van der Waals surface area contributed by atoms with Gasteiger partial charge in [-0.05, 0) is 26.0 Å². The van der Waals surface area contributed by atoms with Crippen LogP contribution in [0.2, 0.25) is 0 Å². The summed E-state index contributed by atoms with van der Waals surface area (Å²) in [7, 11) is 1.94. The van der Waals surface area contributed by atoms with Gasteiger partial charge in [-0.1, -0.05) is 6.07 Å². The van der Waals surface area contributed by atoms with Crippen LogP contribution in [0.4, 0.5) is 0 Å². The summed E-state index contributed by atoms with van der Waals surface area (Å²) in [5, 5.41) is 30.1. The third-order valence-corrected chi connectivity index (χ3v) is 4.48. The van der Waals surface area contributed by atoms with E-state index in [0.717, 1.165) is 19.4 Å². The zero-order chi connectivity index (χ0) is 17.1. The molecule has 0 spiro atoms. The summed E-state index contributed by atoms with van der Waals surface area (Å²) in [5.74, 6) is 0.299. The highest BCUT2D eigenvalue weighted by Gasteiger charge is 2.48. The zero-order valence-corrected chi connectivity index (χ0v) is 13.6. The van der Waals surface area contributed by atoms with Crippen LogP contribution in [0.1, 0.15) is 12.8 Å². The van der Waals surface area contributed by atoms with Crippen LogP contribution in [0.3, 0.4) is 0 Å². The van der Waals surface area contributed by atoms with Crippen molar-refractivity contribution in [2.45, 2.75) is 49.8 Å². The van der Waals surface area contributed by atoms with Gasteiger partial charge in [-0.25, -0.2) is 4.98 Å². The van der Waals surface area contributed by atoms with E-state index in [0.29, 0.717) is 5.88 Å². The third-order valence-electron chi connectivity index (χ3n) is 4.48. The van der Waals surface area contributed by atoms with Crippen molar-refractivity contribution < 1.29 is 29.5 Å². The maximum Gasteiger partial charge on any atom is 0.213 e. The summed E-state index contributed by atoms with van der Waals surface area (Å²) in [5.41, 5.74) is 0. The molecule has 2 aliphatic rings. The Morgan fingerprint density at radius 3 is 2.79 bits per heavy atom. The van der Waals surface area contributed by atoms with E-state index in [2.05, 4.69) is 4.98 Å². The second kappa shape index (κ2) is 7.73. The minimum Gasteiger partial charge on any atom is -0.466 e. The molecule has 8 nitrogen and oxygen atoms in total. The Labute approximate surface area is 140 Å². The fourth-order valence-corrected chi connectivity index (χ4v) is 3.13. The Balaban J connectivity index is 1.78. The van der Waals surface area contributed by atoms with Gasteiger partial charge in [-0.15, -0.1) is 0 Å². The molecule has 0 radical (unpaired) electrons. The van der Waals surface area contributed by atoms with Crippen molar-refractivity contribution in [3.63, 3.8) is 0 Å². The molecule has 0 bridgehead atoms. The number of pyridine rings is 1. The van der Waals surface area contributed by atoms with Crippen LogP contribution in [-0.2, 0) is 9.47 Å². The summed E-state index contributed by atoms with van der Waals surface area (Å²) in [6, 6.07) is 5.15. The van der Waals surface area contributed by atoms with Crippen LogP contribution in [0.5, 0.6) is 5.88 Å². The van der Waals surface area contributed by atoms with Crippen molar-refractivity contribution in [1.82, 2.24) is 9.88 Å². The fraction of sp³-hybridized carbons (Fsp3) is 0.688. The van der Waals surface area contributed by atoms with E-state index in [1.54, 1.807) is 24.4 Å². The quantitative estimate of drug-likeness (QED) is 0.649. The molecule has 1 aromatic rings. The highest BCUT2D eigenvalue weighted by Crippen LogP contribution is 2.29. The predicted octanol–water partition coefficient (Wildman–Crippen LogP) is -0.664. The van der Waals surface area contributed by atoms with Gasteiger partial charge in [0.25, 0.3) is 0 Å². The summed E-state index contributed by atoms with van der Waals surface area (Å²) in [4.78, 5) is 6.11. The van der Waals surface area contributed by atoms with Gasteiger partial charge < -0.3 is 29.5 Å². The lowest BCUT2D eigenvalue weighted by molar-refractivity contribution is -0.300. The monoisotopic (exact) mass is 340 g/mol. The van der Waals surface area contributed by atoms with Crippen LogP contribution >= 0.6 is 0 Å². The molecule has 0 amide bonds. The van der Waals surface area contributed by atoms with Crippen molar-refractivity contribution in [3.8, 4) is 5.88 Å². The second-order valence-electron chi connectivity index (χ2n) is 6.17. The maximum atomic E-state index is 10.5. The molecule has 0 aromatic carbocycles. The number of ether oxygens (including phenoxy) is 3. The zero-order valence-electron chi connectivity index (χ0n) is 13.6. The van der Waals surface area contributed by atoms with Crippen LogP contribution in [-0.4, -0.2) is 82.3 Å². The number of nitrogens with zero attached hydrogens (tertiary/aromatic N) is 2. The van der Waals surface area contributed by atoms with E-state index in [9.17, 15) is 15.3 Å². The smallest absolute Gasteiger partial charge is 0.213 e. The first-order chi connectivity index (χ1) is 11.6. The predicted molar refractivity (Wildman–Crippen MR) is 83.2 cm³/mol. The number of aliphatic hydroxyl groups excluding tert-OH is 3. The van der Waals surface area contributed by atoms with E-state index >= 15 is 0 Å². The normalized spacial score (nSPS) is 37.5. The van der Waals surface area contributed by atoms with Gasteiger partial charge in [0, 0.05) is 18.8 Å². The van der Waals surface area contributed by atoms with E-state index in [4.69, 9.17) is 14.2 Å². The molecule has 24 heavy (non-hydrogen) atoms. The highest BCUT2D eigenvalue weighted by molar-refractivity contribution is 5.11. The van der Waals surface area contributed by atoms with Crippen molar-refractivity contribution in [2.24, 2.45) is 0 Å². The average Bonchev–Trinajstić information content (AvgIpc) is 2.99. The van der Waals surface area contributed by atoms with Gasteiger partial charge in [0.15, 0.2) is 12.4 Å². The van der Waals surface area contributed by atoms with Gasteiger partial charge in [0.05, 0.1) is 6.61 Å². The average molecular weight is 340 g/mol. The molecule has 2 aliphatic heterocycles. The molecule has 1 aromatic heterocycles. The summed E-state index contributed by atoms with van der Waals surface area (Å²) in [6.45, 7) is 0.483. The van der Waals surface area contributed by atoms with Crippen LogP contribution < -0.4 is 4.74 Å². The summed E-state index contributed by atoms with van der Waals surface area (Å²) >= 11 is 0. The molecule has 0 aliphatic carbocycles. The van der Waals surface area contributed by atoms with Crippen molar-refractivity contribution in [2.75, 3.05) is 20.2 Å². The number of likely N-dealkylation sites (tertiary alicyclic amines) is 1. The van der Waals surface area contributed by atoms with Gasteiger partial charge in [0.1, 0.15) is 24.5 Å². The Morgan fingerprint density at radius 1 is 1.33 bits per heavy atom.